The van der Waals surface area contributed by atoms with E-state index in [1.807, 2.05) is 6.07 Å². The standard InChI is InChI=1S/C26H25Cl2N3O5/c1-34-11-10-31-24(29-16-5-8-22(35-2)20(27)13-16)18-7-4-15(12-19(18)26(31)33)25(32)30-17-6-9-23(36-3)21(28)14-17/h4-9,12-14,24,29H,10-11H2,1-3H3,(H,30,32). The van der Waals surface area contributed by atoms with Gasteiger partial charge in [0.15, 0.2) is 0 Å². The largest absolute Gasteiger partial charge is 0.495 e. The molecule has 188 valence electrons. The van der Waals surface area contributed by atoms with E-state index in [1.54, 1.807) is 67.7 Å². The average molecular weight is 530 g/mol. The number of methoxy groups -OCH3 is 3. The molecule has 2 amide bonds. The summed E-state index contributed by atoms with van der Waals surface area (Å²) in [6.45, 7) is 0.713. The zero-order valence-corrected chi connectivity index (χ0v) is 21.4. The maximum Gasteiger partial charge on any atom is 0.256 e. The van der Waals surface area contributed by atoms with E-state index >= 15 is 0 Å². The lowest BCUT2D eigenvalue weighted by Crippen LogP contribution is -2.34. The number of amides is 2. The molecule has 1 atom stereocenters. The maximum atomic E-state index is 13.3. The van der Waals surface area contributed by atoms with Crippen molar-refractivity contribution in [2.45, 2.75) is 6.17 Å². The monoisotopic (exact) mass is 529 g/mol. The number of carbonyl (C=O) groups excluding carboxylic acids is 2. The molecule has 0 radical (unpaired) electrons. The Balaban J connectivity index is 1.61. The van der Waals surface area contributed by atoms with E-state index in [1.165, 1.54) is 7.11 Å². The molecule has 0 bridgehead atoms. The number of benzene rings is 3. The quantitative estimate of drug-likeness (QED) is 0.381. The van der Waals surface area contributed by atoms with Gasteiger partial charge in [0.1, 0.15) is 17.7 Å². The number of halogens is 2. The van der Waals surface area contributed by atoms with Crippen molar-refractivity contribution >= 4 is 46.4 Å². The Hall–Kier alpha value is -3.46. The van der Waals surface area contributed by atoms with E-state index in [0.29, 0.717) is 57.2 Å². The Bertz CT molecular complexity index is 1300. The number of hydrogen-bond donors (Lipinski definition) is 2. The van der Waals surface area contributed by atoms with Crippen molar-refractivity contribution in [1.82, 2.24) is 4.90 Å². The number of nitrogens with zero attached hydrogens (tertiary/aromatic N) is 1. The van der Waals surface area contributed by atoms with Crippen LogP contribution in [-0.4, -0.2) is 51.2 Å². The second kappa shape index (κ2) is 11.1. The molecular weight excluding hydrogens is 505 g/mol. The summed E-state index contributed by atoms with van der Waals surface area (Å²) in [7, 11) is 4.64. The van der Waals surface area contributed by atoms with Crippen molar-refractivity contribution in [3.63, 3.8) is 0 Å². The van der Waals surface area contributed by atoms with Gasteiger partial charge in [-0.3, -0.25) is 9.59 Å². The minimum absolute atomic E-state index is 0.207. The molecule has 0 aliphatic carbocycles. The number of rotatable bonds is 9. The molecule has 1 heterocycles. The number of anilines is 2. The molecule has 36 heavy (non-hydrogen) atoms. The lowest BCUT2D eigenvalue weighted by atomic mass is 10.0. The van der Waals surface area contributed by atoms with Crippen molar-refractivity contribution in [2.75, 3.05) is 45.1 Å². The van der Waals surface area contributed by atoms with Gasteiger partial charge in [-0.2, -0.15) is 0 Å². The van der Waals surface area contributed by atoms with Gasteiger partial charge in [-0.05, 0) is 48.5 Å². The van der Waals surface area contributed by atoms with Crippen molar-refractivity contribution in [3.8, 4) is 11.5 Å². The highest BCUT2D eigenvalue weighted by Crippen LogP contribution is 2.37. The predicted molar refractivity (Wildman–Crippen MR) is 140 cm³/mol. The van der Waals surface area contributed by atoms with Gasteiger partial charge in [0, 0.05) is 41.7 Å². The molecule has 1 aliphatic heterocycles. The maximum absolute atomic E-state index is 13.3. The molecule has 0 aromatic heterocycles. The fraction of sp³-hybridized carbons (Fsp3) is 0.231. The first-order chi connectivity index (χ1) is 17.4. The SMILES string of the molecule is COCCN1C(=O)c2cc(C(=O)Nc3ccc(OC)c(Cl)c3)ccc2C1Nc1ccc(OC)c(Cl)c1. The van der Waals surface area contributed by atoms with Gasteiger partial charge in [0.05, 0.1) is 30.9 Å². The van der Waals surface area contributed by atoms with Gasteiger partial charge in [0.2, 0.25) is 0 Å². The van der Waals surface area contributed by atoms with Gasteiger partial charge in [-0.25, -0.2) is 0 Å². The molecule has 10 heteroatoms. The molecule has 0 spiro atoms. The van der Waals surface area contributed by atoms with E-state index in [-0.39, 0.29) is 11.8 Å². The van der Waals surface area contributed by atoms with E-state index in [2.05, 4.69) is 10.6 Å². The summed E-state index contributed by atoms with van der Waals surface area (Å²) < 4.78 is 15.6. The first-order valence-electron chi connectivity index (χ1n) is 11.0. The molecule has 0 fully saturated rings. The third-order valence-corrected chi connectivity index (χ3v) is 6.40. The third kappa shape index (κ3) is 5.21. The number of ether oxygens (including phenoxy) is 3. The van der Waals surface area contributed by atoms with Crippen molar-refractivity contribution in [2.24, 2.45) is 0 Å². The van der Waals surface area contributed by atoms with E-state index < -0.39 is 6.17 Å². The van der Waals surface area contributed by atoms with Crippen molar-refractivity contribution in [1.29, 1.82) is 0 Å². The highest BCUT2D eigenvalue weighted by Gasteiger charge is 2.37. The number of hydrogen-bond acceptors (Lipinski definition) is 6. The molecule has 1 unspecified atom stereocenters. The minimum atomic E-state index is -0.468. The van der Waals surface area contributed by atoms with Gasteiger partial charge in [0.25, 0.3) is 11.8 Å². The van der Waals surface area contributed by atoms with Crippen LogP contribution >= 0.6 is 23.2 Å². The van der Waals surface area contributed by atoms with Crippen LogP contribution in [0.3, 0.4) is 0 Å². The van der Waals surface area contributed by atoms with Crippen LogP contribution in [0.2, 0.25) is 10.0 Å². The molecule has 8 nitrogen and oxygen atoms in total. The van der Waals surface area contributed by atoms with E-state index in [0.717, 1.165) is 5.56 Å². The fourth-order valence-electron chi connectivity index (χ4n) is 4.00. The summed E-state index contributed by atoms with van der Waals surface area (Å²) in [4.78, 5) is 27.9. The summed E-state index contributed by atoms with van der Waals surface area (Å²) in [5.41, 5.74) is 2.74. The Morgan fingerprint density at radius 1 is 0.917 bits per heavy atom. The summed E-state index contributed by atoms with van der Waals surface area (Å²) in [5, 5.41) is 6.99. The van der Waals surface area contributed by atoms with E-state index in [9.17, 15) is 9.59 Å². The van der Waals surface area contributed by atoms with Crippen molar-refractivity contribution < 1.29 is 23.8 Å². The third-order valence-electron chi connectivity index (χ3n) is 5.81. The van der Waals surface area contributed by atoms with Crippen molar-refractivity contribution in [3.05, 3.63) is 81.3 Å². The summed E-state index contributed by atoms with van der Waals surface area (Å²) in [6, 6.07) is 15.3. The van der Waals surface area contributed by atoms with Crippen LogP contribution in [-0.2, 0) is 4.74 Å². The minimum Gasteiger partial charge on any atom is -0.495 e. The zero-order chi connectivity index (χ0) is 25.8. The van der Waals surface area contributed by atoms with Crippen LogP contribution in [0.25, 0.3) is 0 Å². The molecule has 3 aromatic rings. The number of nitrogens with one attached hydrogen (secondary N) is 2. The second-order valence-corrected chi connectivity index (χ2v) is 8.81. The van der Waals surface area contributed by atoms with E-state index in [4.69, 9.17) is 37.4 Å². The highest BCUT2D eigenvalue weighted by molar-refractivity contribution is 6.32. The lowest BCUT2D eigenvalue weighted by molar-refractivity contribution is 0.0674. The number of carbonyl (C=O) groups is 2. The van der Waals surface area contributed by atoms with Crippen LogP contribution in [0.15, 0.2) is 54.6 Å². The van der Waals surface area contributed by atoms with Crippen LogP contribution in [0.4, 0.5) is 11.4 Å². The summed E-state index contributed by atoms with van der Waals surface area (Å²) in [5.74, 6) is 0.482. The summed E-state index contributed by atoms with van der Waals surface area (Å²) in [6.07, 6.45) is -0.468. The van der Waals surface area contributed by atoms with Crippen LogP contribution in [0.5, 0.6) is 11.5 Å². The zero-order valence-electron chi connectivity index (χ0n) is 19.9. The second-order valence-electron chi connectivity index (χ2n) is 7.99. The molecule has 0 saturated heterocycles. The van der Waals surface area contributed by atoms with Gasteiger partial charge >= 0.3 is 0 Å². The Labute approximate surface area is 219 Å². The molecule has 0 saturated carbocycles. The highest BCUT2D eigenvalue weighted by atomic mass is 35.5. The molecule has 3 aromatic carbocycles. The fourth-order valence-corrected chi connectivity index (χ4v) is 4.51. The first kappa shape index (κ1) is 25.6. The normalized spacial score (nSPS) is 14.4. The smallest absolute Gasteiger partial charge is 0.256 e. The molecular formula is C26H25Cl2N3O5. The predicted octanol–water partition coefficient (Wildman–Crippen LogP) is 5.48. The molecule has 2 N–H and O–H groups in total. The Morgan fingerprint density at radius 2 is 1.56 bits per heavy atom. The van der Waals surface area contributed by atoms with Gasteiger partial charge in [-0.1, -0.05) is 29.3 Å². The lowest BCUT2D eigenvalue weighted by Gasteiger charge is -2.27. The van der Waals surface area contributed by atoms with Crippen LogP contribution in [0.1, 0.15) is 32.4 Å². The van der Waals surface area contributed by atoms with Crippen LogP contribution < -0.4 is 20.1 Å². The Morgan fingerprint density at radius 3 is 2.17 bits per heavy atom. The van der Waals surface area contributed by atoms with Gasteiger partial charge < -0.3 is 29.7 Å². The molecule has 4 rings (SSSR count). The van der Waals surface area contributed by atoms with Crippen LogP contribution in [0, 0.1) is 0 Å². The van der Waals surface area contributed by atoms with Gasteiger partial charge in [-0.15, -0.1) is 0 Å². The Kier molecular flexibility index (Phi) is 7.88. The first-order valence-corrected chi connectivity index (χ1v) is 11.8. The average Bonchev–Trinajstić information content (AvgIpc) is 3.13. The topological polar surface area (TPSA) is 89.1 Å². The molecule has 1 aliphatic rings. The summed E-state index contributed by atoms with van der Waals surface area (Å²) >= 11 is 12.5. The number of fused-ring (bicyclic) bond motifs is 1.